The summed E-state index contributed by atoms with van der Waals surface area (Å²) >= 11 is -1.71. The summed E-state index contributed by atoms with van der Waals surface area (Å²) in [6, 6.07) is 3.12. The molecule has 0 heterocycles. The molecule has 1 aromatic rings. The average Bonchev–Trinajstić information content (AvgIpc) is 2.32. The van der Waals surface area contributed by atoms with Crippen molar-refractivity contribution in [2.24, 2.45) is 0 Å². The number of hydrogen-bond donors (Lipinski definition) is 2. The number of halogens is 3. The van der Waals surface area contributed by atoms with Crippen LogP contribution in [0.25, 0.3) is 0 Å². The largest absolute Gasteiger partial charge is 0.598 e. The van der Waals surface area contributed by atoms with Crippen LogP contribution in [-0.4, -0.2) is 26.7 Å². The molecule has 0 aliphatic rings. The molecular formula is C13H16F3NO4S. The fourth-order valence-corrected chi connectivity index (χ4v) is 2.24. The first kappa shape index (κ1) is 18.6. The molecule has 5 nitrogen and oxygen atoms in total. The van der Waals surface area contributed by atoms with Crippen LogP contribution in [0, 0.1) is 0 Å². The summed E-state index contributed by atoms with van der Waals surface area (Å²) in [6.07, 6.45) is -4.88. The number of rotatable bonds is 5. The molecule has 22 heavy (non-hydrogen) atoms. The quantitative estimate of drug-likeness (QED) is 0.806. The predicted octanol–water partition coefficient (Wildman–Crippen LogP) is 2.76. The molecule has 1 rings (SSSR count). The topological polar surface area (TPSA) is 81.6 Å². The monoisotopic (exact) mass is 339 g/mol. The van der Waals surface area contributed by atoms with Gasteiger partial charge in [0.15, 0.2) is 6.04 Å². The maximum atomic E-state index is 12.2. The van der Waals surface area contributed by atoms with Gasteiger partial charge in [-0.25, -0.2) is 4.79 Å². The van der Waals surface area contributed by atoms with Crippen LogP contribution in [0.15, 0.2) is 24.3 Å². The first-order chi connectivity index (χ1) is 9.90. The van der Waals surface area contributed by atoms with Gasteiger partial charge in [-0.2, -0.15) is 0 Å². The minimum absolute atomic E-state index is 0.00634. The number of hydrogen-bond acceptors (Lipinski definition) is 4. The third-order valence-electron chi connectivity index (χ3n) is 2.45. The van der Waals surface area contributed by atoms with Gasteiger partial charge in [-0.05, 0) is 38.5 Å². The maximum absolute atomic E-state index is 12.2. The Morgan fingerprint density at radius 2 is 1.95 bits per heavy atom. The van der Waals surface area contributed by atoms with Gasteiger partial charge in [-0.15, -0.1) is 17.9 Å². The lowest BCUT2D eigenvalue weighted by atomic mass is 10.1. The van der Waals surface area contributed by atoms with Gasteiger partial charge < -0.3 is 14.4 Å². The molecule has 0 fully saturated rings. The van der Waals surface area contributed by atoms with Crippen LogP contribution in [0.3, 0.4) is 0 Å². The van der Waals surface area contributed by atoms with Crippen LogP contribution in [0.5, 0.6) is 5.75 Å². The highest BCUT2D eigenvalue weighted by Gasteiger charge is 2.34. The highest BCUT2D eigenvalue weighted by Crippen LogP contribution is 2.27. The van der Waals surface area contributed by atoms with E-state index in [1.54, 1.807) is 20.8 Å². The van der Waals surface area contributed by atoms with Crippen molar-refractivity contribution < 1.29 is 32.4 Å². The van der Waals surface area contributed by atoms with Crippen molar-refractivity contribution in [3.8, 4) is 5.75 Å². The molecule has 0 bridgehead atoms. The van der Waals surface area contributed by atoms with Crippen LogP contribution >= 0.6 is 0 Å². The number of carboxylic acid groups (broad SMARTS) is 1. The van der Waals surface area contributed by atoms with Gasteiger partial charge >= 0.3 is 12.3 Å². The molecule has 2 atom stereocenters. The second-order valence-electron chi connectivity index (χ2n) is 5.39. The van der Waals surface area contributed by atoms with Crippen molar-refractivity contribution in [3.05, 3.63) is 29.8 Å². The number of carbonyl (C=O) groups is 1. The van der Waals surface area contributed by atoms with Crippen molar-refractivity contribution in [3.63, 3.8) is 0 Å². The Morgan fingerprint density at radius 1 is 1.36 bits per heavy atom. The van der Waals surface area contributed by atoms with Crippen molar-refractivity contribution in [2.45, 2.75) is 37.9 Å². The molecule has 0 spiro atoms. The first-order valence-electron chi connectivity index (χ1n) is 6.17. The zero-order chi connectivity index (χ0) is 17.1. The highest BCUT2D eigenvalue weighted by atomic mass is 32.2. The van der Waals surface area contributed by atoms with Crippen LogP contribution in [0.1, 0.15) is 32.4 Å². The lowest BCUT2D eigenvalue weighted by Gasteiger charge is -2.26. The molecule has 0 saturated heterocycles. The fraction of sp³-hybridized carbons (Fsp3) is 0.462. The highest BCUT2D eigenvalue weighted by molar-refractivity contribution is 7.90. The van der Waals surface area contributed by atoms with Gasteiger partial charge in [0.2, 0.25) is 0 Å². The Kier molecular flexibility index (Phi) is 5.71. The zero-order valence-electron chi connectivity index (χ0n) is 12.1. The zero-order valence-corrected chi connectivity index (χ0v) is 12.9. The molecule has 0 unspecified atom stereocenters. The van der Waals surface area contributed by atoms with E-state index in [9.17, 15) is 27.6 Å². The third kappa shape index (κ3) is 5.74. The van der Waals surface area contributed by atoms with E-state index in [0.717, 1.165) is 12.1 Å². The number of aliphatic carboxylic acids is 1. The maximum Gasteiger partial charge on any atom is 0.573 e. The van der Waals surface area contributed by atoms with Gasteiger partial charge in [-0.1, -0.05) is 12.1 Å². The first-order valence-corrected chi connectivity index (χ1v) is 7.32. The summed E-state index contributed by atoms with van der Waals surface area (Å²) in [5, 5.41) is 9.20. The summed E-state index contributed by atoms with van der Waals surface area (Å²) in [6.45, 7) is 4.91. The molecule has 0 aliphatic carbocycles. The Bertz CT molecular complexity index is 531. The molecule has 9 heteroatoms. The molecule has 0 aliphatic heterocycles. The van der Waals surface area contributed by atoms with Crippen molar-refractivity contribution >= 4 is 17.3 Å². The lowest BCUT2D eigenvalue weighted by Crippen LogP contribution is -2.43. The van der Waals surface area contributed by atoms with E-state index in [2.05, 4.69) is 9.46 Å². The van der Waals surface area contributed by atoms with E-state index in [4.69, 9.17) is 0 Å². The minimum atomic E-state index is -4.88. The molecular weight excluding hydrogens is 323 g/mol. The molecule has 0 amide bonds. The fourth-order valence-electron chi connectivity index (χ4n) is 1.44. The van der Waals surface area contributed by atoms with E-state index in [1.807, 2.05) is 0 Å². The van der Waals surface area contributed by atoms with Gasteiger partial charge in [-0.3, -0.25) is 0 Å². The smallest absolute Gasteiger partial charge is 0.573 e. The predicted molar refractivity (Wildman–Crippen MR) is 74.5 cm³/mol. The molecule has 0 radical (unpaired) electrons. The van der Waals surface area contributed by atoms with Crippen LogP contribution in [-0.2, 0) is 16.2 Å². The second kappa shape index (κ2) is 6.76. The minimum Gasteiger partial charge on any atom is -0.598 e. The van der Waals surface area contributed by atoms with Crippen molar-refractivity contribution in [1.82, 2.24) is 4.72 Å². The third-order valence-corrected chi connectivity index (χ3v) is 4.02. The summed E-state index contributed by atoms with van der Waals surface area (Å²) in [4.78, 5) is 11.3. The molecule has 1 aromatic carbocycles. The van der Waals surface area contributed by atoms with Gasteiger partial charge in [0, 0.05) is 11.4 Å². The number of benzene rings is 1. The van der Waals surface area contributed by atoms with Gasteiger partial charge in [0.05, 0.1) is 0 Å². The normalized spacial score (nSPS) is 15.2. The van der Waals surface area contributed by atoms with Crippen molar-refractivity contribution in [2.75, 3.05) is 0 Å². The molecule has 0 aromatic heterocycles. The average molecular weight is 339 g/mol. The van der Waals surface area contributed by atoms with Crippen molar-refractivity contribution in [1.29, 1.82) is 0 Å². The standard InChI is InChI=1S/C13H16F3NO4S/c1-12(2,3)22(20)17-10(11(18)19)8-5-4-6-9(7-8)21-13(14,15)16/h4-7,10,17H,1-3H3,(H,18,19)/t10-,22-/m1/s1. The Balaban J connectivity index is 3.02. The lowest BCUT2D eigenvalue weighted by molar-refractivity contribution is -0.274. The van der Waals surface area contributed by atoms with Gasteiger partial charge in [0.25, 0.3) is 0 Å². The van der Waals surface area contributed by atoms with E-state index in [0.29, 0.717) is 0 Å². The van der Waals surface area contributed by atoms with E-state index in [1.165, 1.54) is 12.1 Å². The molecule has 2 N–H and O–H groups in total. The van der Waals surface area contributed by atoms with Crippen LogP contribution in [0.2, 0.25) is 0 Å². The summed E-state index contributed by atoms with van der Waals surface area (Å²) in [5.41, 5.74) is 0.00634. The number of nitrogens with one attached hydrogen (secondary N) is 1. The Morgan fingerprint density at radius 3 is 2.41 bits per heavy atom. The summed E-state index contributed by atoms with van der Waals surface area (Å²) in [7, 11) is 0. The number of alkyl halides is 3. The second-order valence-corrected chi connectivity index (χ2v) is 7.39. The Labute approximate surface area is 128 Å². The SMILES string of the molecule is CC(C)(C)[S@@+]([O-])N[C@@H](C(=O)O)c1cccc(OC(F)(F)F)c1. The number of carboxylic acids is 1. The van der Waals surface area contributed by atoms with Crippen LogP contribution in [0.4, 0.5) is 13.2 Å². The van der Waals surface area contributed by atoms with E-state index < -0.39 is 40.2 Å². The van der Waals surface area contributed by atoms with Crippen LogP contribution < -0.4 is 9.46 Å². The summed E-state index contributed by atoms with van der Waals surface area (Å²) < 4.78 is 54.0. The Hall–Kier alpha value is -1.45. The van der Waals surface area contributed by atoms with E-state index >= 15 is 0 Å². The number of ether oxygens (including phenoxy) is 1. The van der Waals surface area contributed by atoms with Gasteiger partial charge in [0.1, 0.15) is 10.5 Å². The van der Waals surface area contributed by atoms with E-state index in [-0.39, 0.29) is 5.56 Å². The summed E-state index contributed by atoms with van der Waals surface area (Å²) in [5.74, 6) is -1.90. The molecule has 0 saturated carbocycles. The molecule has 124 valence electrons.